The zero-order chi connectivity index (χ0) is 15.4. The van der Waals surface area contributed by atoms with Crippen LogP contribution in [0.5, 0.6) is 0 Å². The number of hydrogen-bond acceptors (Lipinski definition) is 7. The van der Waals surface area contributed by atoms with Gasteiger partial charge in [-0.05, 0) is 13.8 Å². The van der Waals surface area contributed by atoms with Crippen LogP contribution >= 0.6 is 0 Å². The highest BCUT2D eigenvalue weighted by molar-refractivity contribution is 5.77. The molecule has 0 fully saturated rings. The summed E-state index contributed by atoms with van der Waals surface area (Å²) in [6, 6.07) is 0.215. The molecule has 2 heterocycles. The molecule has 0 spiro atoms. The van der Waals surface area contributed by atoms with Crippen molar-refractivity contribution in [3.05, 3.63) is 12.0 Å². The minimum atomic E-state index is -0.875. The van der Waals surface area contributed by atoms with Crippen LogP contribution in [-0.2, 0) is 9.63 Å². The Labute approximate surface area is 122 Å². The highest BCUT2D eigenvalue weighted by Gasteiger charge is 2.27. The quantitative estimate of drug-likeness (QED) is 0.605. The van der Waals surface area contributed by atoms with Gasteiger partial charge in [0.1, 0.15) is 12.3 Å². The van der Waals surface area contributed by atoms with E-state index in [0.29, 0.717) is 24.6 Å². The molecule has 116 valence electrons. The lowest BCUT2D eigenvalue weighted by atomic mass is 10.3. The molecule has 1 aliphatic heterocycles. The van der Waals surface area contributed by atoms with Crippen molar-refractivity contribution in [2.45, 2.75) is 26.1 Å². The molecule has 1 aromatic heterocycles. The molecular weight excluding hydrogens is 276 g/mol. The largest absolute Gasteiger partial charge is 0.368 e. The Morgan fingerprint density at radius 1 is 1.62 bits per heavy atom. The molecule has 0 saturated carbocycles. The first kappa shape index (κ1) is 15.4. The second kappa shape index (κ2) is 6.66. The normalized spacial score (nSPS) is 17.2. The van der Waals surface area contributed by atoms with Gasteiger partial charge in [-0.15, -0.1) is 0 Å². The second-order valence-corrected chi connectivity index (χ2v) is 4.97. The summed E-state index contributed by atoms with van der Waals surface area (Å²) in [5.41, 5.74) is 0.516. The van der Waals surface area contributed by atoms with E-state index in [9.17, 15) is 9.90 Å². The summed E-state index contributed by atoms with van der Waals surface area (Å²) in [5, 5.41) is 12.9. The van der Waals surface area contributed by atoms with Gasteiger partial charge in [-0.2, -0.15) is 0 Å². The van der Waals surface area contributed by atoms with Crippen molar-refractivity contribution in [3.63, 3.8) is 0 Å². The zero-order valence-corrected chi connectivity index (χ0v) is 12.1. The van der Waals surface area contributed by atoms with E-state index in [1.54, 1.807) is 17.6 Å². The van der Waals surface area contributed by atoms with Crippen LogP contribution in [0.3, 0.4) is 0 Å². The fourth-order valence-electron chi connectivity index (χ4n) is 2.04. The zero-order valence-electron chi connectivity index (χ0n) is 12.1. The summed E-state index contributed by atoms with van der Waals surface area (Å²) in [4.78, 5) is 25.6. The molecule has 1 atom stereocenters. The van der Waals surface area contributed by atoms with Crippen molar-refractivity contribution in [2.75, 3.05) is 19.7 Å². The van der Waals surface area contributed by atoms with E-state index in [1.165, 1.54) is 0 Å². The van der Waals surface area contributed by atoms with Gasteiger partial charge >= 0.3 is 0 Å². The fourth-order valence-corrected chi connectivity index (χ4v) is 2.04. The lowest BCUT2D eigenvalue weighted by Gasteiger charge is -2.28. The molecule has 1 unspecified atom stereocenters. The van der Waals surface area contributed by atoms with Crippen molar-refractivity contribution in [3.8, 4) is 0 Å². The second-order valence-electron chi connectivity index (χ2n) is 4.97. The van der Waals surface area contributed by atoms with E-state index in [4.69, 9.17) is 5.90 Å². The Bertz CT molecular complexity index is 527. The summed E-state index contributed by atoms with van der Waals surface area (Å²) >= 11 is 0. The fraction of sp³-hybridized carbons (Fsp3) is 0.583. The highest BCUT2D eigenvalue weighted by Crippen LogP contribution is 2.31. The number of carbonyl (C=O) groups is 1. The maximum absolute atomic E-state index is 11.2. The summed E-state index contributed by atoms with van der Waals surface area (Å²) in [6.45, 7) is 4.58. The van der Waals surface area contributed by atoms with Gasteiger partial charge in [-0.1, -0.05) is 0 Å². The maximum Gasteiger partial charge on any atom is 0.248 e. The number of amides is 1. The summed E-state index contributed by atoms with van der Waals surface area (Å²) < 4.78 is 1.90. The number of aliphatic hydroxyl groups is 1. The number of aliphatic imine (C=N–C) groups is 1. The average molecular weight is 296 g/mol. The first-order valence-electron chi connectivity index (χ1n) is 6.67. The van der Waals surface area contributed by atoms with E-state index in [1.807, 2.05) is 18.4 Å². The number of imidazole rings is 1. The van der Waals surface area contributed by atoms with Crippen LogP contribution in [-0.4, -0.2) is 51.5 Å². The molecule has 1 aromatic rings. The van der Waals surface area contributed by atoms with Crippen molar-refractivity contribution in [1.29, 1.82) is 0 Å². The third-order valence-corrected chi connectivity index (χ3v) is 3.14. The number of rotatable bonds is 6. The molecule has 1 aliphatic rings. The van der Waals surface area contributed by atoms with E-state index >= 15 is 0 Å². The molecular formula is C12H20N6O3. The van der Waals surface area contributed by atoms with Crippen LogP contribution in [0.4, 0.5) is 5.82 Å². The molecule has 0 aromatic carbocycles. The number of aromatic nitrogens is 2. The van der Waals surface area contributed by atoms with Gasteiger partial charge in [0, 0.05) is 19.1 Å². The number of nitrogens with two attached hydrogens (primary N) is 1. The monoisotopic (exact) mass is 296 g/mol. The Morgan fingerprint density at radius 2 is 2.38 bits per heavy atom. The molecule has 0 radical (unpaired) electrons. The van der Waals surface area contributed by atoms with Crippen LogP contribution in [0.2, 0.25) is 0 Å². The van der Waals surface area contributed by atoms with Crippen LogP contribution in [0.15, 0.2) is 11.3 Å². The number of fused-ring (bicyclic) bond motifs is 1. The Hall–Kier alpha value is -1.97. The third kappa shape index (κ3) is 3.38. The number of hydrogen-bond donors (Lipinski definition) is 3. The molecule has 1 amide bonds. The van der Waals surface area contributed by atoms with Crippen molar-refractivity contribution in [1.82, 2.24) is 19.8 Å². The first-order valence-corrected chi connectivity index (χ1v) is 6.67. The average Bonchev–Trinajstić information content (AvgIpc) is 2.86. The summed E-state index contributed by atoms with van der Waals surface area (Å²) in [5.74, 6) is 5.15. The predicted molar refractivity (Wildman–Crippen MR) is 75.6 cm³/mol. The van der Waals surface area contributed by atoms with Gasteiger partial charge in [0.25, 0.3) is 0 Å². The van der Waals surface area contributed by atoms with Gasteiger partial charge in [-0.3, -0.25) is 9.63 Å². The Morgan fingerprint density at radius 3 is 3.05 bits per heavy atom. The van der Waals surface area contributed by atoms with Crippen molar-refractivity contribution in [2.24, 2.45) is 10.9 Å². The van der Waals surface area contributed by atoms with Gasteiger partial charge in [0.15, 0.2) is 12.0 Å². The van der Waals surface area contributed by atoms with Crippen LogP contribution in [0, 0.1) is 0 Å². The van der Waals surface area contributed by atoms with Crippen LogP contribution < -0.4 is 11.2 Å². The molecule has 21 heavy (non-hydrogen) atoms. The van der Waals surface area contributed by atoms with Crippen molar-refractivity contribution < 1.29 is 14.7 Å². The summed E-state index contributed by atoms with van der Waals surface area (Å²) in [6.07, 6.45) is 2.35. The number of carbonyl (C=O) groups excluding carboxylic acids is 1. The minimum absolute atomic E-state index is 0.195. The highest BCUT2D eigenvalue weighted by atomic mass is 16.6. The predicted octanol–water partition coefficient (Wildman–Crippen LogP) is -0.563. The Balaban J connectivity index is 1.95. The van der Waals surface area contributed by atoms with Gasteiger partial charge in [0.05, 0.1) is 12.7 Å². The minimum Gasteiger partial charge on any atom is -0.368 e. The molecule has 2 rings (SSSR count). The molecule has 0 saturated heterocycles. The lowest BCUT2D eigenvalue weighted by Crippen LogP contribution is -2.39. The number of nitrogens with one attached hydrogen (secondary N) is 1. The SMILES string of the molecule is CC(C)n1cnc2c1N=CN(CCNC(=O)CON)C2O. The molecule has 4 N–H and O–H groups in total. The number of aliphatic hydroxyl groups excluding tert-OH is 1. The lowest BCUT2D eigenvalue weighted by molar-refractivity contribution is -0.125. The maximum atomic E-state index is 11.2. The van der Waals surface area contributed by atoms with E-state index in [2.05, 4.69) is 20.1 Å². The summed E-state index contributed by atoms with van der Waals surface area (Å²) in [7, 11) is 0. The van der Waals surface area contributed by atoms with Gasteiger partial charge in [0.2, 0.25) is 5.91 Å². The van der Waals surface area contributed by atoms with E-state index in [-0.39, 0.29) is 18.6 Å². The molecule has 9 nitrogen and oxygen atoms in total. The molecule has 0 bridgehead atoms. The van der Waals surface area contributed by atoms with Crippen LogP contribution in [0.1, 0.15) is 31.8 Å². The topological polar surface area (TPSA) is 118 Å². The van der Waals surface area contributed by atoms with Crippen LogP contribution in [0.25, 0.3) is 0 Å². The standard InChI is InChI=1S/C12H20N6O3/c1-8(2)18-7-15-10-11(18)16-6-17(12(10)20)4-3-14-9(19)5-21-13/h6-8,12,20H,3-5,13H2,1-2H3,(H,14,19). The smallest absolute Gasteiger partial charge is 0.248 e. The van der Waals surface area contributed by atoms with E-state index < -0.39 is 6.23 Å². The molecule has 9 heteroatoms. The van der Waals surface area contributed by atoms with Gasteiger partial charge in [-0.25, -0.2) is 15.9 Å². The Kier molecular flexibility index (Phi) is 4.89. The van der Waals surface area contributed by atoms with E-state index in [0.717, 1.165) is 0 Å². The third-order valence-electron chi connectivity index (χ3n) is 3.14. The first-order chi connectivity index (χ1) is 10.0. The van der Waals surface area contributed by atoms with Crippen molar-refractivity contribution >= 4 is 18.1 Å². The molecule has 0 aliphatic carbocycles. The van der Waals surface area contributed by atoms with Gasteiger partial charge < -0.3 is 19.9 Å². The number of nitrogens with zero attached hydrogens (tertiary/aromatic N) is 4.